The fourth-order valence-corrected chi connectivity index (χ4v) is 4.92. The van der Waals surface area contributed by atoms with Crippen molar-refractivity contribution in [3.8, 4) is 0 Å². The molecule has 122 valence electrons. The third-order valence-corrected chi connectivity index (χ3v) is 5.79. The molecule has 1 unspecified atom stereocenters. The summed E-state index contributed by atoms with van der Waals surface area (Å²) in [4.78, 5) is 4.24. The summed E-state index contributed by atoms with van der Waals surface area (Å²) in [6, 6.07) is 2.03. The molecule has 0 aliphatic rings. The maximum atomic E-state index is 12.5. The van der Waals surface area contributed by atoms with Gasteiger partial charge in [-0.3, -0.25) is 0 Å². The Morgan fingerprint density at radius 3 is 2.43 bits per heavy atom. The Bertz CT molecular complexity index is 551. The highest BCUT2D eigenvalue weighted by atomic mass is 32.2. The standard InChI is InChI=1S/C14H27N3O2S2/c1-10(2)15-8-13-7-14(12(4)20-13)21(18,19)16-11(3)9-17(5)6/h7,10-11,15-16H,8-9H2,1-6H3. The van der Waals surface area contributed by atoms with Crippen LogP contribution in [0.25, 0.3) is 0 Å². The van der Waals surface area contributed by atoms with Crippen molar-refractivity contribution >= 4 is 21.4 Å². The first kappa shape index (κ1) is 18.6. The van der Waals surface area contributed by atoms with Crippen LogP contribution < -0.4 is 10.0 Å². The van der Waals surface area contributed by atoms with Crippen LogP contribution in [0, 0.1) is 6.92 Å². The third-order valence-electron chi connectivity index (χ3n) is 2.89. The van der Waals surface area contributed by atoms with Gasteiger partial charge in [-0.2, -0.15) is 0 Å². The number of hydrogen-bond acceptors (Lipinski definition) is 5. The molecule has 7 heteroatoms. The predicted octanol–water partition coefficient (Wildman–Crippen LogP) is 1.78. The van der Waals surface area contributed by atoms with Crippen LogP contribution in [-0.2, 0) is 16.6 Å². The van der Waals surface area contributed by atoms with Gasteiger partial charge < -0.3 is 10.2 Å². The van der Waals surface area contributed by atoms with Crippen LogP contribution in [0.2, 0.25) is 0 Å². The van der Waals surface area contributed by atoms with Crippen LogP contribution in [0.5, 0.6) is 0 Å². The molecule has 1 aromatic rings. The second kappa shape index (κ2) is 7.69. The zero-order chi connectivity index (χ0) is 16.2. The summed E-state index contributed by atoms with van der Waals surface area (Å²) in [7, 11) is 0.406. The molecule has 2 N–H and O–H groups in total. The zero-order valence-corrected chi connectivity index (χ0v) is 15.4. The molecular formula is C14H27N3O2S2. The van der Waals surface area contributed by atoms with Crippen LogP contribution in [-0.4, -0.2) is 46.0 Å². The molecule has 21 heavy (non-hydrogen) atoms. The van der Waals surface area contributed by atoms with Crippen LogP contribution >= 0.6 is 11.3 Å². The topological polar surface area (TPSA) is 61.4 Å². The highest BCUT2D eigenvalue weighted by molar-refractivity contribution is 7.89. The van der Waals surface area contributed by atoms with Crippen molar-refractivity contribution in [2.75, 3.05) is 20.6 Å². The van der Waals surface area contributed by atoms with Crippen molar-refractivity contribution in [1.82, 2.24) is 14.9 Å². The second-order valence-electron chi connectivity index (χ2n) is 5.95. The fraction of sp³-hybridized carbons (Fsp3) is 0.714. The van der Waals surface area contributed by atoms with E-state index in [2.05, 4.69) is 23.9 Å². The summed E-state index contributed by atoms with van der Waals surface area (Å²) >= 11 is 1.53. The maximum Gasteiger partial charge on any atom is 0.241 e. The Hall–Kier alpha value is -0.470. The number of nitrogens with one attached hydrogen (secondary N) is 2. The highest BCUT2D eigenvalue weighted by Crippen LogP contribution is 2.25. The molecule has 0 fully saturated rings. The zero-order valence-electron chi connectivity index (χ0n) is 13.7. The highest BCUT2D eigenvalue weighted by Gasteiger charge is 2.22. The minimum atomic E-state index is -3.45. The molecule has 0 bridgehead atoms. The van der Waals surface area contributed by atoms with Crippen LogP contribution in [0.4, 0.5) is 0 Å². The van der Waals surface area contributed by atoms with Crippen molar-refractivity contribution in [3.63, 3.8) is 0 Å². The number of hydrogen-bond donors (Lipinski definition) is 2. The Kier molecular flexibility index (Phi) is 6.80. The van der Waals surface area contributed by atoms with Gasteiger partial charge in [0.05, 0.1) is 4.90 Å². The lowest BCUT2D eigenvalue weighted by Gasteiger charge is -2.18. The van der Waals surface area contributed by atoms with Gasteiger partial charge in [-0.05, 0) is 34.0 Å². The summed E-state index contributed by atoms with van der Waals surface area (Å²) in [5, 5.41) is 3.31. The molecule has 1 atom stereocenters. The van der Waals surface area contributed by atoms with E-state index in [1.165, 1.54) is 11.3 Å². The Balaban J connectivity index is 2.83. The van der Waals surface area contributed by atoms with Crippen LogP contribution in [0.15, 0.2) is 11.0 Å². The number of likely N-dealkylation sites (N-methyl/N-ethyl adjacent to an activating group) is 1. The molecule has 0 amide bonds. The van der Waals surface area contributed by atoms with E-state index in [9.17, 15) is 8.42 Å². The molecule has 0 spiro atoms. The van der Waals surface area contributed by atoms with Crippen LogP contribution in [0.3, 0.4) is 0 Å². The molecule has 0 aromatic carbocycles. The molecule has 5 nitrogen and oxygen atoms in total. The average molecular weight is 334 g/mol. The third kappa shape index (κ3) is 6.04. The van der Waals surface area contributed by atoms with Crippen molar-refractivity contribution in [2.45, 2.75) is 51.2 Å². The summed E-state index contributed by atoms with van der Waals surface area (Å²) in [5.74, 6) is 0. The first-order valence-corrected chi connectivity index (χ1v) is 9.41. The van der Waals surface area contributed by atoms with E-state index >= 15 is 0 Å². The van der Waals surface area contributed by atoms with Gasteiger partial charge in [0.2, 0.25) is 10.0 Å². The lowest BCUT2D eigenvalue weighted by Crippen LogP contribution is -2.39. The first-order valence-electron chi connectivity index (χ1n) is 7.11. The smallest absolute Gasteiger partial charge is 0.241 e. The van der Waals surface area contributed by atoms with E-state index in [1.807, 2.05) is 32.8 Å². The molecule has 0 aliphatic heterocycles. The van der Waals surface area contributed by atoms with Crippen molar-refractivity contribution in [3.05, 3.63) is 15.8 Å². The molecule has 0 saturated carbocycles. The number of sulfonamides is 1. The lowest BCUT2D eigenvalue weighted by atomic mass is 10.3. The van der Waals surface area contributed by atoms with E-state index in [4.69, 9.17) is 0 Å². The van der Waals surface area contributed by atoms with Gasteiger partial charge in [0.1, 0.15) is 0 Å². The van der Waals surface area contributed by atoms with Crippen molar-refractivity contribution in [2.24, 2.45) is 0 Å². The van der Waals surface area contributed by atoms with Gasteiger partial charge in [-0.1, -0.05) is 13.8 Å². The van der Waals surface area contributed by atoms with Crippen molar-refractivity contribution in [1.29, 1.82) is 0 Å². The second-order valence-corrected chi connectivity index (χ2v) is 8.98. The lowest BCUT2D eigenvalue weighted by molar-refractivity contribution is 0.370. The van der Waals surface area contributed by atoms with Gasteiger partial charge >= 0.3 is 0 Å². The predicted molar refractivity (Wildman–Crippen MR) is 89.4 cm³/mol. The van der Waals surface area contributed by atoms with Gasteiger partial charge in [0.15, 0.2) is 0 Å². The van der Waals surface area contributed by atoms with Crippen LogP contribution in [0.1, 0.15) is 30.5 Å². The van der Waals surface area contributed by atoms with Gasteiger partial charge in [0.25, 0.3) is 0 Å². The van der Waals surface area contributed by atoms with E-state index in [-0.39, 0.29) is 6.04 Å². The van der Waals surface area contributed by atoms with Gasteiger partial charge in [0, 0.05) is 34.9 Å². The Labute approximate surface area is 132 Å². The summed E-state index contributed by atoms with van der Waals surface area (Å²) in [6.45, 7) is 9.25. The van der Waals surface area contributed by atoms with Crippen molar-refractivity contribution < 1.29 is 8.42 Å². The quantitative estimate of drug-likeness (QED) is 0.761. The molecule has 0 aliphatic carbocycles. The molecule has 1 rings (SSSR count). The Morgan fingerprint density at radius 2 is 1.90 bits per heavy atom. The van der Waals surface area contributed by atoms with Gasteiger partial charge in [-0.25, -0.2) is 13.1 Å². The maximum absolute atomic E-state index is 12.5. The minimum absolute atomic E-state index is 0.124. The number of rotatable bonds is 8. The Morgan fingerprint density at radius 1 is 1.29 bits per heavy atom. The monoisotopic (exact) mass is 333 g/mol. The average Bonchev–Trinajstić information content (AvgIpc) is 2.66. The van der Waals surface area contributed by atoms with E-state index in [0.717, 1.165) is 9.75 Å². The minimum Gasteiger partial charge on any atom is -0.310 e. The molecular weight excluding hydrogens is 306 g/mol. The van der Waals surface area contributed by atoms with Gasteiger partial charge in [-0.15, -0.1) is 11.3 Å². The summed E-state index contributed by atoms with van der Waals surface area (Å²) in [5.41, 5.74) is 0. The SMILES string of the molecule is Cc1sc(CNC(C)C)cc1S(=O)(=O)NC(C)CN(C)C. The first-order chi connectivity index (χ1) is 9.61. The largest absolute Gasteiger partial charge is 0.310 e. The van der Waals surface area contributed by atoms with E-state index in [0.29, 0.717) is 24.0 Å². The normalized spacial score (nSPS) is 14.1. The number of aryl methyl sites for hydroxylation is 1. The fourth-order valence-electron chi connectivity index (χ4n) is 2.10. The summed E-state index contributed by atoms with van der Waals surface area (Å²) in [6.07, 6.45) is 0. The molecule has 0 saturated heterocycles. The van der Waals surface area contributed by atoms with E-state index < -0.39 is 10.0 Å². The summed E-state index contributed by atoms with van der Waals surface area (Å²) < 4.78 is 27.6. The molecule has 1 aromatic heterocycles. The molecule has 0 radical (unpaired) electrons. The van der Waals surface area contributed by atoms with E-state index in [1.54, 1.807) is 6.07 Å². The number of nitrogens with zero attached hydrogens (tertiary/aromatic N) is 1. The number of thiophene rings is 1. The molecule has 1 heterocycles.